The first kappa shape index (κ1) is 26.2. The third-order valence-corrected chi connectivity index (χ3v) is 8.57. The summed E-state index contributed by atoms with van der Waals surface area (Å²) in [5.41, 5.74) is 5.12. The Kier molecular flexibility index (Phi) is 8.42. The number of carbonyl (C=O) groups excluding carboxylic acids is 1. The zero-order valence-corrected chi connectivity index (χ0v) is 22.0. The second-order valence-corrected chi connectivity index (χ2v) is 11.7. The van der Waals surface area contributed by atoms with Gasteiger partial charge in [0.05, 0.1) is 18.9 Å². The molecule has 0 unspecified atom stereocenters. The number of nitrogens with zero attached hydrogens (tertiary/aromatic N) is 1. The summed E-state index contributed by atoms with van der Waals surface area (Å²) in [6.45, 7) is 11.0. The van der Waals surface area contributed by atoms with E-state index in [1.807, 2.05) is 51.1 Å². The van der Waals surface area contributed by atoms with Crippen molar-refractivity contribution in [1.29, 1.82) is 0 Å². The zero-order chi connectivity index (χ0) is 25.0. The largest absolute Gasteiger partial charge is 0.496 e. The monoisotopic (exact) mass is 486 g/mol. The summed E-state index contributed by atoms with van der Waals surface area (Å²) < 4.78 is 32.9. The Bertz CT molecular complexity index is 1120. The second-order valence-electron chi connectivity index (χ2n) is 9.75. The van der Waals surface area contributed by atoms with Crippen LogP contribution in [0.25, 0.3) is 0 Å². The highest BCUT2D eigenvalue weighted by molar-refractivity contribution is 7.88. The van der Waals surface area contributed by atoms with E-state index in [1.54, 1.807) is 7.11 Å². The van der Waals surface area contributed by atoms with E-state index in [1.165, 1.54) is 4.31 Å². The quantitative estimate of drug-likeness (QED) is 0.578. The van der Waals surface area contributed by atoms with Crippen molar-refractivity contribution < 1.29 is 17.9 Å². The van der Waals surface area contributed by atoms with E-state index >= 15 is 0 Å². The Balaban J connectivity index is 1.61. The van der Waals surface area contributed by atoms with Crippen LogP contribution in [0.15, 0.2) is 36.4 Å². The Labute approximate surface area is 204 Å². The molecule has 1 fully saturated rings. The van der Waals surface area contributed by atoms with Crippen molar-refractivity contribution in [1.82, 2.24) is 9.62 Å². The summed E-state index contributed by atoms with van der Waals surface area (Å²) in [5.74, 6) is 0.982. The fourth-order valence-electron chi connectivity index (χ4n) is 4.72. The van der Waals surface area contributed by atoms with Gasteiger partial charge in [0.1, 0.15) is 5.75 Å². The lowest BCUT2D eigenvalue weighted by Crippen LogP contribution is -2.43. The number of ether oxygens (including phenoxy) is 1. The van der Waals surface area contributed by atoms with Crippen molar-refractivity contribution in [2.24, 2.45) is 5.92 Å². The molecule has 3 rings (SSSR count). The predicted octanol–water partition coefficient (Wildman–Crippen LogP) is 4.85. The summed E-state index contributed by atoms with van der Waals surface area (Å²) in [6, 6.07) is 11.6. The molecule has 0 radical (unpaired) electrons. The second kappa shape index (κ2) is 10.9. The van der Waals surface area contributed by atoms with Gasteiger partial charge in [0.25, 0.3) is 0 Å². The number of amides is 1. The molecule has 1 saturated heterocycles. The maximum absolute atomic E-state index is 13.0. The van der Waals surface area contributed by atoms with Crippen molar-refractivity contribution >= 4 is 15.9 Å². The highest BCUT2D eigenvalue weighted by atomic mass is 32.2. The molecule has 1 amide bonds. The van der Waals surface area contributed by atoms with Crippen LogP contribution in [0.2, 0.25) is 0 Å². The molecule has 1 atom stereocenters. The standard InChI is InChI=1S/C27H38N2O4S/c1-18(2)24-16-25(20(4)15-26(24)33-6)21(5)28-27(30)23-10-12-29(13-11-23)34(31,32)17-22-9-7-8-19(3)14-22/h7-9,14-16,18,21,23H,10-13,17H2,1-6H3,(H,28,30)/t21-/m1/s1. The van der Waals surface area contributed by atoms with E-state index in [4.69, 9.17) is 4.74 Å². The number of hydrogen-bond acceptors (Lipinski definition) is 4. The third kappa shape index (κ3) is 6.19. The van der Waals surface area contributed by atoms with Gasteiger partial charge in [0, 0.05) is 19.0 Å². The van der Waals surface area contributed by atoms with Crippen LogP contribution >= 0.6 is 0 Å². The lowest BCUT2D eigenvalue weighted by molar-refractivity contribution is -0.126. The Hall–Kier alpha value is -2.38. The lowest BCUT2D eigenvalue weighted by Gasteiger charge is -2.31. The Morgan fingerprint density at radius 3 is 2.35 bits per heavy atom. The highest BCUT2D eigenvalue weighted by Crippen LogP contribution is 2.32. The van der Waals surface area contributed by atoms with Gasteiger partial charge in [-0.3, -0.25) is 4.79 Å². The van der Waals surface area contributed by atoms with Crippen LogP contribution in [0.1, 0.15) is 73.4 Å². The van der Waals surface area contributed by atoms with E-state index in [0.29, 0.717) is 31.8 Å². The summed E-state index contributed by atoms with van der Waals surface area (Å²) in [5, 5.41) is 3.16. The van der Waals surface area contributed by atoms with E-state index in [0.717, 1.165) is 33.6 Å². The maximum Gasteiger partial charge on any atom is 0.223 e. The molecule has 2 aromatic carbocycles. The van der Waals surface area contributed by atoms with Gasteiger partial charge < -0.3 is 10.1 Å². The molecule has 0 aromatic heterocycles. The summed E-state index contributed by atoms with van der Waals surface area (Å²) in [4.78, 5) is 13.0. The van der Waals surface area contributed by atoms with Gasteiger partial charge in [-0.2, -0.15) is 0 Å². The number of benzene rings is 2. The molecule has 1 heterocycles. The van der Waals surface area contributed by atoms with Gasteiger partial charge >= 0.3 is 0 Å². The zero-order valence-electron chi connectivity index (χ0n) is 21.2. The normalized spacial score (nSPS) is 16.4. The number of nitrogens with one attached hydrogen (secondary N) is 1. The van der Waals surface area contributed by atoms with Crippen LogP contribution in [0.4, 0.5) is 0 Å². The first-order valence-corrected chi connectivity index (χ1v) is 13.6. The van der Waals surface area contributed by atoms with E-state index in [2.05, 4.69) is 25.2 Å². The molecule has 0 saturated carbocycles. The maximum atomic E-state index is 13.0. The van der Waals surface area contributed by atoms with Crippen molar-refractivity contribution in [3.05, 3.63) is 64.2 Å². The van der Waals surface area contributed by atoms with Crippen molar-refractivity contribution in [2.45, 2.75) is 65.2 Å². The Morgan fingerprint density at radius 1 is 1.09 bits per heavy atom. The SMILES string of the molecule is COc1cc(C)c([C@@H](C)NC(=O)C2CCN(S(=O)(=O)Cc3cccc(C)c3)CC2)cc1C(C)C. The van der Waals surface area contributed by atoms with Gasteiger partial charge in [-0.1, -0.05) is 43.7 Å². The Morgan fingerprint density at radius 2 is 1.76 bits per heavy atom. The van der Waals surface area contributed by atoms with E-state index < -0.39 is 10.0 Å². The number of sulfonamides is 1. The average molecular weight is 487 g/mol. The molecule has 0 spiro atoms. The van der Waals surface area contributed by atoms with Gasteiger partial charge in [-0.25, -0.2) is 12.7 Å². The van der Waals surface area contributed by atoms with Gasteiger partial charge in [0.2, 0.25) is 15.9 Å². The fourth-order valence-corrected chi connectivity index (χ4v) is 6.27. The van der Waals surface area contributed by atoms with Crippen LogP contribution in [-0.4, -0.2) is 38.8 Å². The number of rotatable bonds is 8. The number of hydrogen-bond donors (Lipinski definition) is 1. The molecule has 2 aromatic rings. The molecule has 7 heteroatoms. The van der Waals surface area contributed by atoms with Crippen LogP contribution in [0.3, 0.4) is 0 Å². The molecular weight excluding hydrogens is 448 g/mol. The van der Waals surface area contributed by atoms with Crippen LogP contribution in [0, 0.1) is 19.8 Å². The first-order valence-electron chi connectivity index (χ1n) is 12.0. The van der Waals surface area contributed by atoms with E-state index in [-0.39, 0.29) is 23.6 Å². The fraction of sp³-hybridized carbons (Fsp3) is 0.519. The average Bonchev–Trinajstić information content (AvgIpc) is 2.78. The molecule has 186 valence electrons. The number of aryl methyl sites for hydroxylation is 2. The van der Waals surface area contributed by atoms with Crippen LogP contribution in [-0.2, 0) is 20.6 Å². The molecule has 1 N–H and O–H groups in total. The van der Waals surface area contributed by atoms with Gasteiger partial charge in [-0.15, -0.1) is 0 Å². The lowest BCUT2D eigenvalue weighted by atomic mass is 9.92. The number of carbonyl (C=O) groups is 1. The topological polar surface area (TPSA) is 75.7 Å². The molecule has 34 heavy (non-hydrogen) atoms. The van der Waals surface area contributed by atoms with Crippen molar-refractivity contribution in [2.75, 3.05) is 20.2 Å². The van der Waals surface area contributed by atoms with E-state index in [9.17, 15) is 13.2 Å². The molecule has 1 aliphatic heterocycles. The summed E-state index contributed by atoms with van der Waals surface area (Å²) >= 11 is 0. The van der Waals surface area contributed by atoms with Crippen LogP contribution < -0.4 is 10.1 Å². The third-order valence-electron chi connectivity index (χ3n) is 6.72. The van der Waals surface area contributed by atoms with Crippen LogP contribution in [0.5, 0.6) is 5.75 Å². The molecule has 6 nitrogen and oxygen atoms in total. The summed E-state index contributed by atoms with van der Waals surface area (Å²) in [6.07, 6.45) is 1.06. The molecule has 1 aliphatic rings. The minimum absolute atomic E-state index is 0.00247. The molecule has 0 aliphatic carbocycles. The van der Waals surface area contributed by atoms with Gasteiger partial charge in [-0.05, 0) is 73.9 Å². The number of piperidine rings is 1. The minimum Gasteiger partial charge on any atom is -0.496 e. The minimum atomic E-state index is -3.40. The predicted molar refractivity (Wildman–Crippen MR) is 136 cm³/mol. The number of methoxy groups -OCH3 is 1. The van der Waals surface area contributed by atoms with Crippen molar-refractivity contribution in [3.63, 3.8) is 0 Å². The van der Waals surface area contributed by atoms with Gasteiger partial charge in [0.15, 0.2) is 0 Å². The highest BCUT2D eigenvalue weighted by Gasteiger charge is 2.32. The molecular formula is C27H38N2O4S. The smallest absolute Gasteiger partial charge is 0.223 e. The summed E-state index contributed by atoms with van der Waals surface area (Å²) in [7, 11) is -1.72. The first-order chi connectivity index (χ1) is 16.0. The van der Waals surface area contributed by atoms with Crippen molar-refractivity contribution in [3.8, 4) is 5.75 Å². The molecule has 0 bridgehead atoms.